The molecule has 0 amide bonds. The maximum absolute atomic E-state index is 12.3. The van der Waals surface area contributed by atoms with Crippen molar-refractivity contribution in [3.05, 3.63) is 0 Å². The van der Waals surface area contributed by atoms with Gasteiger partial charge in [0.1, 0.15) is 6.07 Å². The molecule has 0 aromatic carbocycles. The molecule has 0 aliphatic rings. The van der Waals surface area contributed by atoms with Crippen molar-refractivity contribution in [2.45, 2.75) is 16.9 Å². The van der Waals surface area contributed by atoms with Gasteiger partial charge in [0, 0.05) is 0 Å². The largest absolute Gasteiger partial charge is 0.363 e. The fraction of sp³-hybridized carbons (Fsp3) is 1.00. The van der Waals surface area contributed by atoms with Crippen LogP contribution in [0.4, 0.5) is 17.6 Å². The summed E-state index contributed by atoms with van der Waals surface area (Å²) in [5.41, 5.74) is 0. The van der Waals surface area contributed by atoms with E-state index >= 15 is 0 Å². The van der Waals surface area contributed by atoms with Crippen LogP contribution in [0, 0.1) is 0 Å². The van der Waals surface area contributed by atoms with E-state index in [2.05, 4.69) is 4.74 Å². The second kappa shape index (κ2) is 4.17. The zero-order valence-electron chi connectivity index (χ0n) is 5.34. The van der Waals surface area contributed by atoms with Crippen molar-refractivity contribution in [3.8, 4) is 0 Å². The second-order valence-corrected chi connectivity index (χ2v) is 3.17. The van der Waals surface area contributed by atoms with Gasteiger partial charge in [-0.25, -0.2) is 8.78 Å². The lowest BCUT2D eigenvalue weighted by molar-refractivity contribution is -0.192. The molecule has 0 aromatic rings. The van der Waals surface area contributed by atoms with Gasteiger partial charge >= 0.3 is 12.3 Å². The first kappa shape index (κ1) is 12.6. The predicted molar refractivity (Wildman–Crippen MR) is 37.2 cm³/mol. The molecule has 0 N–H and O–H groups in total. The normalized spacial score (nSPS) is 14.0. The van der Waals surface area contributed by atoms with Crippen molar-refractivity contribution in [2.75, 3.05) is 6.07 Å². The molecule has 8 heteroatoms. The van der Waals surface area contributed by atoms with E-state index in [1.54, 1.807) is 0 Å². The quantitative estimate of drug-likeness (QED) is 0.549. The fourth-order valence-electron chi connectivity index (χ4n) is 0.292. The van der Waals surface area contributed by atoms with Crippen LogP contribution >= 0.6 is 34.8 Å². The monoisotopic (exact) mass is 248 g/mol. The summed E-state index contributed by atoms with van der Waals surface area (Å²) in [4.78, 5) is 0. The van der Waals surface area contributed by atoms with Crippen LogP contribution in [0.3, 0.4) is 0 Å². The standard InChI is InChI=1S/C4H3Cl3F4O/c5-1-12-4(6,7)3(10,11)2(8)9/h2H,1H2. The molecule has 0 saturated carbocycles. The third-order valence-electron chi connectivity index (χ3n) is 0.898. The van der Waals surface area contributed by atoms with E-state index in [1.165, 1.54) is 0 Å². The SMILES string of the molecule is FC(F)C(F)(F)C(Cl)(Cl)OCCl. The summed E-state index contributed by atoms with van der Waals surface area (Å²) in [7, 11) is 0. The van der Waals surface area contributed by atoms with Gasteiger partial charge in [-0.15, -0.1) is 0 Å². The minimum Gasteiger partial charge on any atom is -0.326 e. The third kappa shape index (κ3) is 2.52. The Kier molecular flexibility index (Phi) is 4.37. The van der Waals surface area contributed by atoms with Gasteiger partial charge in [0.05, 0.1) is 0 Å². The highest BCUT2D eigenvalue weighted by atomic mass is 35.5. The van der Waals surface area contributed by atoms with Crippen molar-refractivity contribution < 1.29 is 22.3 Å². The molecule has 0 atom stereocenters. The van der Waals surface area contributed by atoms with Gasteiger partial charge in [0.15, 0.2) is 0 Å². The molecule has 74 valence electrons. The van der Waals surface area contributed by atoms with E-state index in [0.29, 0.717) is 0 Å². The van der Waals surface area contributed by atoms with E-state index < -0.39 is 22.9 Å². The van der Waals surface area contributed by atoms with E-state index in [-0.39, 0.29) is 0 Å². The Balaban J connectivity index is 4.50. The third-order valence-corrected chi connectivity index (χ3v) is 1.73. The maximum Gasteiger partial charge on any atom is 0.363 e. The first-order valence-corrected chi connectivity index (χ1v) is 3.78. The minimum atomic E-state index is -4.66. The molecule has 0 aliphatic heterocycles. The van der Waals surface area contributed by atoms with Crippen molar-refractivity contribution >= 4 is 34.8 Å². The Labute approximate surface area is 80.5 Å². The lowest BCUT2D eigenvalue weighted by atomic mass is 10.4. The summed E-state index contributed by atoms with van der Waals surface area (Å²) in [5.74, 6) is -4.66. The highest BCUT2D eigenvalue weighted by Crippen LogP contribution is 2.43. The molecule has 0 radical (unpaired) electrons. The van der Waals surface area contributed by atoms with Crippen LogP contribution < -0.4 is 0 Å². The summed E-state index contributed by atoms with van der Waals surface area (Å²) >= 11 is 14.3. The maximum atomic E-state index is 12.3. The Morgan fingerprint density at radius 2 is 1.67 bits per heavy atom. The number of ether oxygens (including phenoxy) is 1. The molecule has 0 saturated heterocycles. The van der Waals surface area contributed by atoms with Crippen LogP contribution in [0.15, 0.2) is 0 Å². The Bertz CT molecular complexity index is 151. The first-order valence-electron chi connectivity index (χ1n) is 2.49. The van der Waals surface area contributed by atoms with Crippen LogP contribution in [0.1, 0.15) is 0 Å². The van der Waals surface area contributed by atoms with E-state index in [0.717, 1.165) is 0 Å². The summed E-state index contributed by atoms with van der Waals surface area (Å²) in [6, 6.07) is -0.810. The summed E-state index contributed by atoms with van der Waals surface area (Å²) in [5, 5.41) is 0. The first-order chi connectivity index (χ1) is 5.25. The highest BCUT2D eigenvalue weighted by Gasteiger charge is 2.60. The van der Waals surface area contributed by atoms with Gasteiger partial charge < -0.3 is 4.74 Å². The van der Waals surface area contributed by atoms with Gasteiger partial charge in [-0.3, -0.25) is 0 Å². The number of alkyl halides is 7. The van der Waals surface area contributed by atoms with Gasteiger partial charge in [-0.05, 0) is 0 Å². The van der Waals surface area contributed by atoms with Crippen molar-refractivity contribution in [1.82, 2.24) is 0 Å². The van der Waals surface area contributed by atoms with Gasteiger partial charge in [0.2, 0.25) is 0 Å². The van der Waals surface area contributed by atoms with Crippen molar-refractivity contribution in [1.29, 1.82) is 0 Å². The average Bonchev–Trinajstić information content (AvgIpc) is 1.86. The summed E-state index contributed by atoms with van der Waals surface area (Å²) < 4.78 is 48.3. The zero-order valence-corrected chi connectivity index (χ0v) is 7.61. The lowest BCUT2D eigenvalue weighted by Crippen LogP contribution is -2.46. The number of rotatable bonds is 4. The predicted octanol–water partition coefficient (Wildman–Crippen LogP) is 3.23. The topological polar surface area (TPSA) is 9.23 Å². The average molecular weight is 249 g/mol. The minimum absolute atomic E-state index is 0.810. The van der Waals surface area contributed by atoms with E-state index in [9.17, 15) is 17.6 Å². The molecule has 12 heavy (non-hydrogen) atoms. The molecule has 0 aromatic heterocycles. The number of hydrogen-bond acceptors (Lipinski definition) is 1. The van der Waals surface area contributed by atoms with Crippen LogP contribution in [0.5, 0.6) is 0 Å². The molecule has 0 aliphatic carbocycles. The van der Waals surface area contributed by atoms with E-state index in [4.69, 9.17) is 34.8 Å². The van der Waals surface area contributed by atoms with Crippen LogP contribution in [-0.2, 0) is 4.74 Å². The molecule has 0 rings (SSSR count). The van der Waals surface area contributed by atoms with Crippen LogP contribution in [0.2, 0.25) is 0 Å². The highest BCUT2D eigenvalue weighted by molar-refractivity contribution is 6.48. The Morgan fingerprint density at radius 3 is 1.92 bits per heavy atom. The Hall–Kier alpha value is 0.550. The van der Waals surface area contributed by atoms with Crippen LogP contribution in [0.25, 0.3) is 0 Å². The second-order valence-electron chi connectivity index (χ2n) is 1.69. The Morgan fingerprint density at radius 1 is 1.25 bits per heavy atom. The molecular formula is C4H3Cl3F4O. The molecule has 0 spiro atoms. The van der Waals surface area contributed by atoms with Gasteiger partial charge in [-0.2, -0.15) is 8.78 Å². The smallest absolute Gasteiger partial charge is 0.326 e. The van der Waals surface area contributed by atoms with Crippen molar-refractivity contribution in [2.24, 2.45) is 0 Å². The molecule has 0 bridgehead atoms. The molecule has 1 nitrogen and oxygen atoms in total. The molecule has 0 unspecified atom stereocenters. The lowest BCUT2D eigenvalue weighted by Gasteiger charge is -2.27. The molecule has 0 fully saturated rings. The van der Waals surface area contributed by atoms with Crippen LogP contribution in [-0.4, -0.2) is 22.9 Å². The molecular weight excluding hydrogens is 246 g/mol. The number of hydrogen-bond donors (Lipinski definition) is 0. The summed E-state index contributed by atoms with van der Waals surface area (Å²) in [6.45, 7) is 0. The van der Waals surface area contributed by atoms with E-state index in [1.807, 2.05) is 0 Å². The van der Waals surface area contributed by atoms with Gasteiger partial charge in [-0.1, -0.05) is 34.8 Å². The number of halogens is 7. The zero-order chi connectivity index (χ0) is 9.99. The van der Waals surface area contributed by atoms with Gasteiger partial charge in [0.25, 0.3) is 4.52 Å². The van der Waals surface area contributed by atoms with Crippen molar-refractivity contribution in [3.63, 3.8) is 0 Å². The summed E-state index contributed by atoms with van der Waals surface area (Å²) in [6.07, 6.45) is -4.02. The molecule has 0 heterocycles. The fourth-order valence-corrected chi connectivity index (χ4v) is 0.841.